The summed E-state index contributed by atoms with van der Waals surface area (Å²) in [6.45, 7) is 0. The van der Waals surface area contributed by atoms with Gasteiger partial charge >= 0.3 is 5.97 Å². The van der Waals surface area contributed by atoms with Crippen molar-refractivity contribution in [3.8, 4) is 21.6 Å². The molecular formula is C18H11Cl3O2S. The summed E-state index contributed by atoms with van der Waals surface area (Å²) in [5.74, 6) is -0.383. The SMILES string of the molecule is COC(=O)c1cc(-c2ccc(Cl)cc2)c(-c2ccc(Cl)cc2Cl)s1. The highest BCUT2D eigenvalue weighted by atomic mass is 35.5. The van der Waals surface area contributed by atoms with Crippen LogP contribution in [-0.2, 0) is 4.74 Å². The summed E-state index contributed by atoms with van der Waals surface area (Å²) >= 11 is 19.6. The van der Waals surface area contributed by atoms with Gasteiger partial charge in [0.1, 0.15) is 4.88 Å². The minimum absolute atomic E-state index is 0.383. The zero-order chi connectivity index (χ0) is 17.3. The molecule has 0 amide bonds. The molecule has 3 aromatic rings. The Hall–Kier alpha value is -1.52. The first kappa shape index (κ1) is 17.3. The Morgan fingerprint density at radius 2 is 1.58 bits per heavy atom. The summed E-state index contributed by atoms with van der Waals surface area (Å²) in [4.78, 5) is 13.3. The average molecular weight is 398 g/mol. The molecule has 24 heavy (non-hydrogen) atoms. The Balaban J connectivity index is 2.21. The molecule has 0 saturated heterocycles. The van der Waals surface area contributed by atoms with Gasteiger partial charge in [-0.25, -0.2) is 4.79 Å². The third kappa shape index (κ3) is 3.45. The van der Waals surface area contributed by atoms with E-state index < -0.39 is 0 Å². The van der Waals surface area contributed by atoms with Crippen LogP contribution in [0.25, 0.3) is 21.6 Å². The number of hydrogen-bond donors (Lipinski definition) is 0. The van der Waals surface area contributed by atoms with Gasteiger partial charge in [-0.2, -0.15) is 0 Å². The standard InChI is InChI=1S/C18H11Cl3O2S/c1-23-18(22)16-9-14(10-2-4-11(19)5-3-10)17(24-16)13-7-6-12(20)8-15(13)21/h2-9H,1H3. The lowest BCUT2D eigenvalue weighted by Gasteiger charge is -2.07. The maximum absolute atomic E-state index is 11.9. The number of ether oxygens (including phenoxy) is 1. The van der Waals surface area contributed by atoms with E-state index >= 15 is 0 Å². The molecule has 122 valence electrons. The van der Waals surface area contributed by atoms with Crippen LogP contribution in [-0.4, -0.2) is 13.1 Å². The van der Waals surface area contributed by atoms with Crippen molar-refractivity contribution in [1.82, 2.24) is 0 Å². The monoisotopic (exact) mass is 396 g/mol. The molecule has 2 nitrogen and oxygen atoms in total. The van der Waals surface area contributed by atoms with Crippen LogP contribution >= 0.6 is 46.1 Å². The molecular weight excluding hydrogens is 387 g/mol. The van der Waals surface area contributed by atoms with Crippen LogP contribution in [0.3, 0.4) is 0 Å². The average Bonchev–Trinajstić information content (AvgIpc) is 3.00. The van der Waals surface area contributed by atoms with Gasteiger partial charge in [-0.3, -0.25) is 0 Å². The summed E-state index contributed by atoms with van der Waals surface area (Å²) < 4.78 is 4.84. The quantitative estimate of drug-likeness (QED) is 0.453. The molecule has 1 aromatic heterocycles. The molecule has 0 aliphatic heterocycles. The molecule has 3 rings (SSSR count). The second-order valence-corrected chi connectivity index (χ2v) is 7.31. The van der Waals surface area contributed by atoms with E-state index in [-0.39, 0.29) is 5.97 Å². The highest BCUT2D eigenvalue weighted by molar-refractivity contribution is 7.18. The van der Waals surface area contributed by atoms with Gasteiger partial charge < -0.3 is 4.74 Å². The molecule has 0 radical (unpaired) electrons. The van der Waals surface area contributed by atoms with Crippen LogP contribution < -0.4 is 0 Å². The first-order valence-corrected chi connectivity index (χ1v) is 8.88. The Kier molecular flexibility index (Phi) is 5.16. The topological polar surface area (TPSA) is 26.3 Å². The Morgan fingerprint density at radius 3 is 2.21 bits per heavy atom. The minimum atomic E-state index is -0.383. The van der Waals surface area contributed by atoms with E-state index in [1.165, 1.54) is 18.4 Å². The molecule has 0 unspecified atom stereocenters. The summed E-state index contributed by atoms with van der Waals surface area (Å²) in [6.07, 6.45) is 0. The van der Waals surface area contributed by atoms with Crippen molar-refractivity contribution in [2.75, 3.05) is 7.11 Å². The molecule has 0 fully saturated rings. The highest BCUT2D eigenvalue weighted by Gasteiger charge is 2.19. The predicted molar refractivity (Wildman–Crippen MR) is 102 cm³/mol. The number of benzene rings is 2. The number of carbonyl (C=O) groups excluding carboxylic acids is 1. The van der Waals surface area contributed by atoms with E-state index in [9.17, 15) is 4.79 Å². The molecule has 2 aromatic carbocycles. The fourth-order valence-corrected chi connectivity index (χ4v) is 4.13. The molecule has 0 atom stereocenters. The maximum Gasteiger partial charge on any atom is 0.348 e. The number of hydrogen-bond acceptors (Lipinski definition) is 3. The number of thiophene rings is 1. The van der Waals surface area contributed by atoms with Gasteiger partial charge in [-0.05, 0) is 35.9 Å². The number of esters is 1. The Labute approximate surface area is 158 Å². The van der Waals surface area contributed by atoms with Crippen molar-refractivity contribution in [2.24, 2.45) is 0 Å². The van der Waals surface area contributed by atoms with Gasteiger partial charge in [0.15, 0.2) is 0 Å². The zero-order valence-electron chi connectivity index (χ0n) is 12.5. The fourth-order valence-electron chi connectivity index (χ4n) is 2.31. The normalized spacial score (nSPS) is 10.7. The minimum Gasteiger partial charge on any atom is -0.465 e. The Bertz CT molecular complexity index is 901. The van der Waals surface area contributed by atoms with Crippen LogP contribution in [0.15, 0.2) is 48.5 Å². The summed E-state index contributed by atoms with van der Waals surface area (Å²) in [5, 5.41) is 1.73. The van der Waals surface area contributed by atoms with E-state index in [0.29, 0.717) is 19.9 Å². The van der Waals surface area contributed by atoms with Crippen molar-refractivity contribution < 1.29 is 9.53 Å². The van der Waals surface area contributed by atoms with Crippen LogP contribution in [0, 0.1) is 0 Å². The second kappa shape index (κ2) is 7.16. The molecule has 0 aliphatic rings. The molecule has 0 saturated carbocycles. The third-order valence-corrected chi connectivity index (χ3v) is 5.40. The van der Waals surface area contributed by atoms with E-state index in [4.69, 9.17) is 39.5 Å². The van der Waals surface area contributed by atoms with Crippen molar-refractivity contribution in [2.45, 2.75) is 0 Å². The molecule has 1 heterocycles. The van der Waals surface area contributed by atoms with Crippen LogP contribution in [0.5, 0.6) is 0 Å². The van der Waals surface area contributed by atoms with E-state index in [1.807, 2.05) is 18.2 Å². The van der Waals surface area contributed by atoms with Crippen molar-refractivity contribution in [1.29, 1.82) is 0 Å². The Morgan fingerprint density at radius 1 is 0.917 bits per heavy atom. The summed E-state index contributed by atoms with van der Waals surface area (Å²) in [5.41, 5.74) is 2.64. The van der Waals surface area contributed by atoms with Crippen molar-refractivity contribution in [3.05, 3.63) is 68.5 Å². The number of methoxy groups -OCH3 is 1. The summed E-state index contributed by atoms with van der Waals surface area (Å²) in [6, 6.07) is 14.5. The lowest BCUT2D eigenvalue weighted by molar-refractivity contribution is 0.0606. The lowest BCUT2D eigenvalue weighted by Crippen LogP contribution is -1.96. The van der Waals surface area contributed by atoms with Gasteiger partial charge in [0.25, 0.3) is 0 Å². The summed E-state index contributed by atoms with van der Waals surface area (Å²) in [7, 11) is 1.36. The van der Waals surface area contributed by atoms with Gasteiger partial charge in [0.2, 0.25) is 0 Å². The van der Waals surface area contributed by atoms with Gasteiger partial charge in [0, 0.05) is 26.0 Å². The molecule has 0 N–H and O–H groups in total. The largest absolute Gasteiger partial charge is 0.465 e. The third-order valence-electron chi connectivity index (χ3n) is 3.45. The first-order chi connectivity index (χ1) is 11.5. The smallest absolute Gasteiger partial charge is 0.348 e. The maximum atomic E-state index is 11.9. The van der Waals surface area contributed by atoms with E-state index in [1.54, 1.807) is 30.3 Å². The van der Waals surface area contributed by atoms with Crippen molar-refractivity contribution >= 4 is 52.1 Å². The predicted octanol–water partition coefficient (Wildman–Crippen LogP) is 6.83. The number of halogens is 3. The van der Waals surface area contributed by atoms with Crippen LogP contribution in [0.1, 0.15) is 9.67 Å². The van der Waals surface area contributed by atoms with E-state index in [2.05, 4.69) is 0 Å². The van der Waals surface area contributed by atoms with Gasteiger partial charge in [-0.1, -0.05) is 53.0 Å². The molecule has 0 spiro atoms. The second-order valence-electron chi connectivity index (χ2n) is 4.98. The number of rotatable bonds is 3. The molecule has 0 aliphatic carbocycles. The van der Waals surface area contributed by atoms with Gasteiger partial charge in [-0.15, -0.1) is 11.3 Å². The van der Waals surface area contributed by atoms with Crippen molar-refractivity contribution in [3.63, 3.8) is 0 Å². The fraction of sp³-hybridized carbons (Fsp3) is 0.0556. The molecule has 0 bridgehead atoms. The molecule has 6 heteroatoms. The van der Waals surface area contributed by atoms with E-state index in [0.717, 1.165) is 21.6 Å². The first-order valence-electron chi connectivity index (χ1n) is 6.93. The lowest BCUT2D eigenvalue weighted by atomic mass is 10.0. The number of carbonyl (C=O) groups is 1. The van der Waals surface area contributed by atoms with Crippen LogP contribution in [0.2, 0.25) is 15.1 Å². The van der Waals surface area contributed by atoms with Crippen LogP contribution in [0.4, 0.5) is 0 Å². The highest BCUT2D eigenvalue weighted by Crippen LogP contribution is 2.43. The van der Waals surface area contributed by atoms with Gasteiger partial charge in [0.05, 0.1) is 12.1 Å². The zero-order valence-corrected chi connectivity index (χ0v) is 15.6.